The SMILES string of the molecule is NC(CC1C2CC3CC(C2)CC1C3)c1cnccn1. The first kappa shape index (κ1) is 11.8. The first-order valence-electron chi connectivity index (χ1n) is 7.81. The van der Waals surface area contributed by atoms with Crippen LogP contribution in [0.3, 0.4) is 0 Å². The van der Waals surface area contributed by atoms with E-state index in [9.17, 15) is 0 Å². The third kappa shape index (κ3) is 2.08. The first-order chi connectivity index (χ1) is 9.29. The number of hydrogen-bond donors (Lipinski definition) is 1. The Labute approximate surface area is 115 Å². The van der Waals surface area contributed by atoms with Crippen molar-refractivity contribution in [1.82, 2.24) is 9.97 Å². The van der Waals surface area contributed by atoms with E-state index in [1.165, 1.54) is 32.1 Å². The number of nitrogens with two attached hydrogens (primary N) is 1. The maximum atomic E-state index is 6.37. The van der Waals surface area contributed by atoms with Gasteiger partial charge in [-0.05, 0) is 68.1 Å². The Morgan fingerprint density at radius 2 is 1.74 bits per heavy atom. The van der Waals surface area contributed by atoms with Crippen molar-refractivity contribution in [3.05, 3.63) is 24.3 Å². The van der Waals surface area contributed by atoms with Crippen LogP contribution in [-0.2, 0) is 0 Å². The van der Waals surface area contributed by atoms with Gasteiger partial charge in [0.2, 0.25) is 0 Å². The Kier molecular flexibility index (Phi) is 2.83. The van der Waals surface area contributed by atoms with Gasteiger partial charge in [0, 0.05) is 24.6 Å². The topological polar surface area (TPSA) is 51.8 Å². The molecule has 4 saturated carbocycles. The van der Waals surface area contributed by atoms with E-state index in [0.717, 1.165) is 41.7 Å². The zero-order valence-corrected chi connectivity index (χ0v) is 11.4. The minimum Gasteiger partial charge on any atom is -0.323 e. The summed E-state index contributed by atoms with van der Waals surface area (Å²) < 4.78 is 0. The first-order valence-corrected chi connectivity index (χ1v) is 7.81. The average molecular weight is 257 g/mol. The van der Waals surface area contributed by atoms with E-state index in [1.807, 2.05) is 6.20 Å². The van der Waals surface area contributed by atoms with Crippen LogP contribution in [-0.4, -0.2) is 9.97 Å². The summed E-state index contributed by atoms with van der Waals surface area (Å²) in [4.78, 5) is 8.52. The van der Waals surface area contributed by atoms with Crippen LogP contribution >= 0.6 is 0 Å². The molecule has 4 fully saturated rings. The molecular weight excluding hydrogens is 234 g/mol. The maximum absolute atomic E-state index is 6.37. The van der Waals surface area contributed by atoms with Crippen LogP contribution in [0.1, 0.15) is 50.3 Å². The Bertz CT molecular complexity index is 417. The summed E-state index contributed by atoms with van der Waals surface area (Å²) in [5.74, 6) is 4.86. The highest BCUT2D eigenvalue weighted by Gasteiger charge is 2.48. The van der Waals surface area contributed by atoms with E-state index >= 15 is 0 Å². The summed E-state index contributed by atoms with van der Waals surface area (Å²) in [6.07, 6.45) is 13.9. The minimum atomic E-state index is 0.0798. The molecule has 1 aromatic heterocycles. The van der Waals surface area contributed by atoms with Gasteiger partial charge in [0.25, 0.3) is 0 Å². The van der Waals surface area contributed by atoms with E-state index < -0.39 is 0 Å². The minimum absolute atomic E-state index is 0.0798. The van der Waals surface area contributed by atoms with Crippen LogP contribution in [0.15, 0.2) is 18.6 Å². The zero-order chi connectivity index (χ0) is 12.8. The smallest absolute Gasteiger partial charge is 0.0753 e. The van der Waals surface area contributed by atoms with Gasteiger partial charge in [0.05, 0.1) is 5.69 Å². The van der Waals surface area contributed by atoms with Crippen molar-refractivity contribution in [2.45, 2.75) is 44.6 Å². The largest absolute Gasteiger partial charge is 0.323 e. The van der Waals surface area contributed by atoms with Crippen LogP contribution in [0, 0.1) is 29.6 Å². The molecule has 19 heavy (non-hydrogen) atoms. The van der Waals surface area contributed by atoms with E-state index in [1.54, 1.807) is 12.4 Å². The highest BCUT2D eigenvalue weighted by molar-refractivity contribution is 5.05. The number of hydrogen-bond acceptors (Lipinski definition) is 3. The van der Waals surface area contributed by atoms with Crippen LogP contribution in [0.4, 0.5) is 0 Å². The van der Waals surface area contributed by atoms with Gasteiger partial charge < -0.3 is 5.73 Å². The summed E-state index contributed by atoms with van der Waals surface area (Å²) in [5, 5.41) is 0. The second-order valence-electron chi connectivity index (χ2n) is 7.07. The molecule has 5 rings (SSSR count). The monoisotopic (exact) mass is 257 g/mol. The summed E-state index contributed by atoms with van der Waals surface area (Å²) in [6, 6.07) is 0.0798. The van der Waals surface area contributed by atoms with Gasteiger partial charge in [-0.15, -0.1) is 0 Å². The summed E-state index contributed by atoms with van der Waals surface area (Å²) >= 11 is 0. The number of rotatable bonds is 3. The second kappa shape index (κ2) is 4.55. The molecule has 102 valence electrons. The fourth-order valence-corrected chi connectivity index (χ4v) is 5.34. The van der Waals surface area contributed by atoms with Crippen molar-refractivity contribution in [3.8, 4) is 0 Å². The molecule has 0 radical (unpaired) electrons. The molecule has 2 N–H and O–H groups in total. The van der Waals surface area contributed by atoms with Gasteiger partial charge in [-0.25, -0.2) is 0 Å². The second-order valence-corrected chi connectivity index (χ2v) is 7.07. The van der Waals surface area contributed by atoms with Crippen molar-refractivity contribution in [2.24, 2.45) is 35.3 Å². The average Bonchev–Trinajstić information content (AvgIpc) is 2.43. The molecule has 0 spiro atoms. The highest BCUT2D eigenvalue weighted by Crippen LogP contribution is 2.57. The third-order valence-corrected chi connectivity index (χ3v) is 5.91. The Morgan fingerprint density at radius 1 is 1.05 bits per heavy atom. The third-order valence-electron chi connectivity index (χ3n) is 5.91. The molecule has 3 nitrogen and oxygen atoms in total. The van der Waals surface area contributed by atoms with E-state index in [-0.39, 0.29) is 6.04 Å². The normalized spacial score (nSPS) is 41.4. The van der Waals surface area contributed by atoms with Crippen LogP contribution < -0.4 is 5.73 Å². The van der Waals surface area contributed by atoms with Gasteiger partial charge in [-0.3, -0.25) is 9.97 Å². The van der Waals surface area contributed by atoms with E-state index in [4.69, 9.17) is 5.73 Å². The molecule has 0 saturated heterocycles. The maximum Gasteiger partial charge on any atom is 0.0753 e. The lowest BCUT2D eigenvalue weighted by Crippen LogP contribution is -2.45. The van der Waals surface area contributed by atoms with Gasteiger partial charge in [-0.2, -0.15) is 0 Å². The Hall–Kier alpha value is -0.960. The fourth-order valence-electron chi connectivity index (χ4n) is 5.34. The molecule has 4 aliphatic rings. The van der Waals surface area contributed by atoms with E-state index in [0.29, 0.717) is 0 Å². The Morgan fingerprint density at radius 3 is 2.32 bits per heavy atom. The van der Waals surface area contributed by atoms with Crippen molar-refractivity contribution in [1.29, 1.82) is 0 Å². The lowest BCUT2D eigenvalue weighted by molar-refractivity contribution is -0.0422. The molecule has 4 bridgehead atoms. The fraction of sp³-hybridized carbons (Fsp3) is 0.750. The van der Waals surface area contributed by atoms with Gasteiger partial charge >= 0.3 is 0 Å². The lowest BCUT2D eigenvalue weighted by Gasteiger charge is -2.55. The van der Waals surface area contributed by atoms with Crippen molar-refractivity contribution in [2.75, 3.05) is 0 Å². The Balaban J connectivity index is 1.48. The standard InChI is InChI=1S/C16H23N3/c17-15(16-9-18-1-2-19-16)8-14-12-4-10-3-11(6-12)7-13(14)5-10/h1-2,9-15H,3-8,17H2. The molecule has 1 aromatic rings. The molecule has 0 aliphatic heterocycles. The number of aromatic nitrogens is 2. The van der Waals surface area contributed by atoms with Gasteiger partial charge in [-0.1, -0.05) is 0 Å². The van der Waals surface area contributed by atoms with Crippen LogP contribution in [0.2, 0.25) is 0 Å². The number of nitrogens with zero attached hydrogens (tertiary/aromatic N) is 2. The molecule has 1 heterocycles. The molecule has 3 heteroatoms. The zero-order valence-electron chi connectivity index (χ0n) is 11.4. The molecular formula is C16H23N3. The quantitative estimate of drug-likeness (QED) is 0.905. The van der Waals surface area contributed by atoms with Gasteiger partial charge in [0.1, 0.15) is 0 Å². The van der Waals surface area contributed by atoms with Gasteiger partial charge in [0.15, 0.2) is 0 Å². The van der Waals surface area contributed by atoms with Crippen LogP contribution in [0.25, 0.3) is 0 Å². The summed E-state index contributed by atoms with van der Waals surface area (Å²) in [5.41, 5.74) is 7.34. The molecule has 4 aliphatic carbocycles. The molecule has 0 amide bonds. The predicted molar refractivity (Wildman–Crippen MR) is 74.1 cm³/mol. The van der Waals surface area contributed by atoms with Crippen LogP contribution in [0.5, 0.6) is 0 Å². The molecule has 0 aromatic carbocycles. The van der Waals surface area contributed by atoms with Crippen molar-refractivity contribution < 1.29 is 0 Å². The van der Waals surface area contributed by atoms with Crippen molar-refractivity contribution in [3.63, 3.8) is 0 Å². The predicted octanol–water partition coefficient (Wildman–Crippen LogP) is 2.94. The van der Waals surface area contributed by atoms with E-state index in [2.05, 4.69) is 9.97 Å². The highest BCUT2D eigenvalue weighted by atomic mass is 14.8. The van der Waals surface area contributed by atoms with Crippen molar-refractivity contribution >= 4 is 0 Å². The molecule has 1 unspecified atom stereocenters. The summed E-state index contributed by atoms with van der Waals surface area (Å²) in [7, 11) is 0. The molecule has 1 atom stereocenters. The summed E-state index contributed by atoms with van der Waals surface area (Å²) in [6.45, 7) is 0. The lowest BCUT2D eigenvalue weighted by atomic mass is 9.51.